The molecule has 1 aliphatic rings. The van der Waals surface area contributed by atoms with E-state index >= 15 is 0 Å². The molecule has 1 aromatic carbocycles. The van der Waals surface area contributed by atoms with Crippen molar-refractivity contribution in [3.05, 3.63) is 34.9 Å². The highest BCUT2D eigenvalue weighted by Gasteiger charge is 2.45. The second kappa shape index (κ2) is 5.48. The summed E-state index contributed by atoms with van der Waals surface area (Å²) in [6.45, 7) is 0.308. The molecule has 0 unspecified atom stereocenters. The minimum atomic E-state index is -1.08. The van der Waals surface area contributed by atoms with Gasteiger partial charge in [0.25, 0.3) is 0 Å². The van der Waals surface area contributed by atoms with Crippen LogP contribution in [0.1, 0.15) is 24.8 Å². The zero-order valence-corrected chi connectivity index (χ0v) is 11.0. The highest BCUT2D eigenvalue weighted by Crippen LogP contribution is 2.31. The van der Waals surface area contributed by atoms with Crippen LogP contribution in [0.3, 0.4) is 0 Å². The predicted molar refractivity (Wildman–Crippen MR) is 71.0 cm³/mol. The fraction of sp³-hybridized carbons (Fsp3) is 0.385. The number of carbonyl (C=O) groups is 2. The molecule has 0 saturated heterocycles. The van der Waals surface area contributed by atoms with E-state index in [1.165, 1.54) is 0 Å². The minimum Gasteiger partial charge on any atom is -0.480 e. The van der Waals surface area contributed by atoms with Gasteiger partial charge in [-0.3, -0.25) is 0 Å². The van der Waals surface area contributed by atoms with E-state index in [1.807, 2.05) is 6.07 Å². The van der Waals surface area contributed by atoms with Gasteiger partial charge in [-0.1, -0.05) is 23.7 Å². The molecule has 2 rings (SSSR count). The van der Waals surface area contributed by atoms with Crippen LogP contribution >= 0.6 is 11.6 Å². The molecule has 0 radical (unpaired) electrons. The third-order valence-corrected chi connectivity index (χ3v) is 3.55. The Morgan fingerprint density at radius 2 is 2.11 bits per heavy atom. The van der Waals surface area contributed by atoms with Crippen LogP contribution in [-0.2, 0) is 11.3 Å². The second-order valence-corrected chi connectivity index (χ2v) is 5.11. The lowest BCUT2D eigenvalue weighted by Crippen LogP contribution is -2.61. The summed E-state index contributed by atoms with van der Waals surface area (Å²) < 4.78 is 0. The Balaban J connectivity index is 1.86. The van der Waals surface area contributed by atoms with Crippen molar-refractivity contribution in [3.8, 4) is 0 Å². The third kappa shape index (κ3) is 3.17. The summed E-state index contributed by atoms with van der Waals surface area (Å²) in [4.78, 5) is 22.8. The largest absolute Gasteiger partial charge is 0.480 e. The Labute approximate surface area is 116 Å². The normalized spacial score (nSPS) is 16.3. The number of halogens is 1. The maximum Gasteiger partial charge on any atom is 0.329 e. The Morgan fingerprint density at radius 3 is 2.63 bits per heavy atom. The van der Waals surface area contributed by atoms with Gasteiger partial charge >= 0.3 is 12.0 Å². The summed E-state index contributed by atoms with van der Waals surface area (Å²) in [7, 11) is 0. The minimum absolute atomic E-state index is 0.308. The Bertz CT molecular complexity index is 500. The van der Waals surface area contributed by atoms with Crippen LogP contribution in [0.15, 0.2) is 24.3 Å². The zero-order valence-electron chi connectivity index (χ0n) is 10.3. The predicted octanol–water partition coefficient (Wildman–Crippen LogP) is 2.15. The number of carbonyl (C=O) groups excluding carboxylic acids is 1. The summed E-state index contributed by atoms with van der Waals surface area (Å²) in [6, 6.07) is 6.66. The van der Waals surface area contributed by atoms with Gasteiger partial charge in [0.1, 0.15) is 5.54 Å². The summed E-state index contributed by atoms with van der Waals surface area (Å²) in [6.07, 6.45) is 1.78. The molecule has 1 fully saturated rings. The standard InChI is InChI=1S/C13H15ClN2O3/c14-10-4-1-3-9(7-10)8-15-12(19)16-13(11(17)18)5-2-6-13/h1,3-4,7H,2,5-6,8H2,(H,17,18)(H2,15,16,19). The van der Waals surface area contributed by atoms with Crippen molar-refractivity contribution in [3.63, 3.8) is 0 Å². The van der Waals surface area contributed by atoms with Gasteiger partial charge in [-0.2, -0.15) is 0 Å². The van der Waals surface area contributed by atoms with E-state index in [0.29, 0.717) is 24.4 Å². The molecule has 0 heterocycles. The molecule has 2 amide bonds. The highest BCUT2D eigenvalue weighted by atomic mass is 35.5. The van der Waals surface area contributed by atoms with Crippen LogP contribution in [0.4, 0.5) is 4.79 Å². The number of nitrogens with one attached hydrogen (secondary N) is 2. The molecule has 0 bridgehead atoms. The van der Waals surface area contributed by atoms with E-state index in [2.05, 4.69) is 10.6 Å². The molecule has 6 heteroatoms. The molecule has 0 aromatic heterocycles. The van der Waals surface area contributed by atoms with Crippen LogP contribution in [0.5, 0.6) is 0 Å². The summed E-state index contributed by atoms with van der Waals surface area (Å²) >= 11 is 5.83. The van der Waals surface area contributed by atoms with E-state index in [-0.39, 0.29) is 0 Å². The van der Waals surface area contributed by atoms with Crippen LogP contribution < -0.4 is 10.6 Å². The van der Waals surface area contributed by atoms with Crippen molar-refractivity contribution in [1.82, 2.24) is 10.6 Å². The van der Waals surface area contributed by atoms with Crippen molar-refractivity contribution in [2.75, 3.05) is 0 Å². The van der Waals surface area contributed by atoms with Gasteiger partial charge in [-0.25, -0.2) is 9.59 Å². The van der Waals surface area contributed by atoms with Gasteiger partial charge in [0.05, 0.1) is 0 Å². The zero-order chi connectivity index (χ0) is 13.9. The van der Waals surface area contributed by atoms with Crippen LogP contribution in [-0.4, -0.2) is 22.6 Å². The molecule has 1 aliphatic carbocycles. The van der Waals surface area contributed by atoms with Gasteiger partial charge in [0, 0.05) is 11.6 Å². The van der Waals surface area contributed by atoms with Crippen molar-refractivity contribution >= 4 is 23.6 Å². The van der Waals surface area contributed by atoms with E-state index in [9.17, 15) is 9.59 Å². The summed E-state index contributed by atoms with van der Waals surface area (Å²) in [5.74, 6) is -0.975. The van der Waals surface area contributed by atoms with Crippen LogP contribution in [0.25, 0.3) is 0 Å². The number of benzene rings is 1. The molecule has 1 aromatic rings. The molecule has 1 saturated carbocycles. The first-order valence-electron chi connectivity index (χ1n) is 6.06. The SMILES string of the molecule is O=C(NCc1cccc(Cl)c1)NC1(C(=O)O)CCC1. The summed E-state index contributed by atoms with van der Waals surface area (Å²) in [5, 5.41) is 14.9. The second-order valence-electron chi connectivity index (χ2n) is 4.68. The van der Waals surface area contributed by atoms with Gasteiger partial charge in [0.15, 0.2) is 0 Å². The number of amides is 2. The molecule has 0 atom stereocenters. The fourth-order valence-corrected chi connectivity index (χ4v) is 2.23. The molecule has 102 valence electrons. The van der Waals surface area contributed by atoms with Crippen LogP contribution in [0.2, 0.25) is 5.02 Å². The summed E-state index contributed by atoms with van der Waals surface area (Å²) in [5.41, 5.74) is -0.223. The maximum atomic E-state index is 11.7. The number of urea groups is 1. The quantitative estimate of drug-likeness (QED) is 0.792. The van der Waals surface area contributed by atoms with Crippen molar-refractivity contribution in [1.29, 1.82) is 0 Å². The Morgan fingerprint density at radius 1 is 1.37 bits per heavy atom. The van der Waals surface area contributed by atoms with Gasteiger partial charge in [-0.15, -0.1) is 0 Å². The molecular formula is C13H15ClN2O3. The lowest BCUT2D eigenvalue weighted by atomic mass is 9.77. The number of hydrogen-bond donors (Lipinski definition) is 3. The number of hydrogen-bond acceptors (Lipinski definition) is 2. The van der Waals surface area contributed by atoms with Crippen LogP contribution in [0, 0.1) is 0 Å². The monoisotopic (exact) mass is 282 g/mol. The number of rotatable bonds is 4. The van der Waals surface area contributed by atoms with Crippen molar-refractivity contribution in [2.24, 2.45) is 0 Å². The van der Waals surface area contributed by atoms with E-state index in [4.69, 9.17) is 16.7 Å². The van der Waals surface area contributed by atoms with Crippen molar-refractivity contribution < 1.29 is 14.7 Å². The maximum absolute atomic E-state index is 11.7. The molecule has 0 aliphatic heterocycles. The smallest absolute Gasteiger partial charge is 0.329 e. The lowest BCUT2D eigenvalue weighted by molar-refractivity contribution is -0.148. The number of carboxylic acids is 1. The molecule has 0 spiro atoms. The first-order chi connectivity index (χ1) is 9.02. The highest BCUT2D eigenvalue weighted by molar-refractivity contribution is 6.30. The first kappa shape index (κ1) is 13.7. The number of aliphatic carboxylic acids is 1. The molecule has 3 N–H and O–H groups in total. The Kier molecular flexibility index (Phi) is 3.95. The van der Waals surface area contributed by atoms with Gasteiger partial charge in [-0.05, 0) is 37.0 Å². The van der Waals surface area contributed by atoms with Crippen molar-refractivity contribution in [2.45, 2.75) is 31.3 Å². The molecular weight excluding hydrogens is 268 g/mol. The average molecular weight is 283 g/mol. The molecule has 5 nitrogen and oxygen atoms in total. The first-order valence-corrected chi connectivity index (χ1v) is 6.43. The Hall–Kier alpha value is -1.75. The van der Waals surface area contributed by atoms with Gasteiger partial charge in [0.2, 0.25) is 0 Å². The third-order valence-electron chi connectivity index (χ3n) is 3.31. The van der Waals surface area contributed by atoms with Gasteiger partial charge < -0.3 is 15.7 Å². The lowest BCUT2D eigenvalue weighted by Gasteiger charge is -2.38. The topological polar surface area (TPSA) is 78.4 Å². The van der Waals surface area contributed by atoms with E-state index in [1.54, 1.807) is 18.2 Å². The molecule has 19 heavy (non-hydrogen) atoms. The van der Waals surface area contributed by atoms with E-state index < -0.39 is 17.5 Å². The fourth-order valence-electron chi connectivity index (χ4n) is 2.01. The number of carboxylic acid groups (broad SMARTS) is 1. The average Bonchev–Trinajstić information content (AvgIpc) is 2.31. The van der Waals surface area contributed by atoms with E-state index in [0.717, 1.165) is 12.0 Å².